The first-order valence-electron chi connectivity index (χ1n) is 12.8. The summed E-state index contributed by atoms with van der Waals surface area (Å²) < 4.78 is 31.5. The normalized spacial score (nSPS) is 12.9. The molecule has 0 radical (unpaired) electrons. The van der Waals surface area contributed by atoms with Gasteiger partial charge in [0.15, 0.2) is 0 Å². The number of amides is 2. The lowest BCUT2D eigenvalue weighted by molar-refractivity contribution is -0.140. The van der Waals surface area contributed by atoms with E-state index in [0.717, 1.165) is 24.0 Å². The van der Waals surface area contributed by atoms with Crippen molar-refractivity contribution in [2.45, 2.75) is 72.0 Å². The fourth-order valence-corrected chi connectivity index (χ4v) is 4.84. The predicted molar refractivity (Wildman–Crippen MR) is 148 cm³/mol. The van der Waals surface area contributed by atoms with Gasteiger partial charge in [0.2, 0.25) is 21.8 Å². The van der Waals surface area contributed by atoms with Crippen LogP contribution in [0.5, 0.6) is 5.75 Å². The lowest BCUT2D eigenvalue weighted by Gasteiger charge is -2.30. The van der Waals surface area contributed by atoms with Gasteiger partial charge in [0.25, 0.3) is 0 Å². The molecule has 2 atom stereocenters. The van der Waals surface area contributed by atoms with Crippen molar-refractivity contribution in [1.82, 2.24) is 10.2 Å². The number of benzene rings is 2. The summed E-state index contributed by atoms with van der Waals surface area (Å²) in [5.41, 5.74) is 2.56. The zero-order valence-electron chi connectivity index (χ0n) is 22.9. The third kappa shape index (κ3) is 9.07. The van der Waals surface area contributed by atoms with Crippen molar-refractivity contribution >= 4 is 27.5 Å². The number of methoxy groups -OCH3 is 1. The Morgan fingerprint density at radius 2 is 1.57 bits per heavy atom. The Labute approximate surface area is 222 Å². The molecule has 2 aromatic rings. The van der Waals surface area contributed by atoms with E-state index in [2.05, 4.69) is 5.32 Å². The van der Waals surface area contributed by atoms with Crippen molar-refractivity contribution in [3.63, 3.8) is 0 Å². The highest BCUT2D eigenvalue weighted by molar-refractivity contribution is 7.92. The molecule has 0 saturated carbocycles. The monoisotopic (exact) mass is 531 g/mol. The largest absolute Gasteiger partial charge is 0.497 e. The summed E-state index contributed by atoms with van der Waals surface area (Å²) in [6.07, 6.45) is 3.24. The zero-order valence-corrected chi connectivity index (χ0v) is 23.7. The van der Waals surface area contributed by atoms with Gasteiger partial charge in [0.1, 0.15) is 11.8 Å². The van der Waals surface area contributed by atoms with Gasteiger partial charge in [-0.15, -0.1) is 0 Å². The molecular formula is C28H41N3O5S. The van der Waals surface area contributed by atoms with Gasteiger partial charge in [0, 0.05) is 25.6 Å². The van der Waals surface area contributed by atoms with E-state index >= 15 is 0 Å². The standard InChI is InChI=1S/C28H41N3O5S/c1-7-21(3)29-28(33)22(4)30(20-24-13-17-26(36-5)18-14-24)27(32)10-9-19-31(37(6,34)35)25-15-11-23(8-2)12-16-25/h11-18,21-22H,7-10,19-20H2,1-6H3,(H,29,33)/t21-,22-/m0/s1. The fourth-order valence-electron chi connectivity index (χ4n) is 3.88. The molecule has 9 heteroatoms. The summed E-state index contributed by atoms with van der Waals surface area (Å²) in [6.45, 7) is 8.09. The number of sulfonamides is 1. The van der Waals surface area contributed by atoms with Gasteiger partial charge < -0.3 is 15.0 Å². The highest BCUT2D eigenvalue weighted by atomic mass is 32.2. The minimum absolute atomic E-state index is 0.00435. The first-order valence-corrected chi connectivity index (χ1v) is 14.6. The Balaban J connectivity index is 2.17. The Hall–Kier alpha value is -3.07. The van der Waals surface area contributed by atoms with Crippen LogP contribution >= 0.6 is 0 Å². The highest BCUT2D eigenvalue weighted by Crippen LogP contribution is 2.21. The topological polar surface area (TPSA) is 96.0 Å². The summed E-state index contributed by atoms with van der Waals surface area (Å²) in [7, 11) is -1.94. The maximum Gasteiger partial charge on any atom is 0.242 e. The number of carbonyl (C=O) groups is 2. The molecule has 1 N–H and O–H groups in total. The molecular weight excluding hydrogens is 490 g/mol. The molecule has 0 heterocycles. The molecule has 0 fully saturated rings. The number of hydrogen-bond acceptors (Lipinski definition) is 5. The summed E-state index contributed by atoms with van der Waals surface area (Å²) in [5, 5.41) is 2.95. The third-order valence-electron chi connectivity index (χ3n) is 6.47. The van der Waals surface area contributed by atoms with Crippen molar-refractivity contribution in [3.05, 3.63) is 59.7 Å². The molecule has 0 saturated heterocycles. The Kier molecular flexibility index (Phi) is 11.4. The lowest BCUT2D eigenvalue weighted by Crippen LogP contribution is -2.49. The molecule has 2 aromatic carbocycles. The average Bonchev–Trinajstić information content (AvgIpc) is 2.88. The number of anilines is 1. The van der Waals surface area contributed by atoms with Gasteiger partial charge in [-0.25, -0.2) is 8.42 Å². The second-order valence-corrected chi connectivity index (χ2v) is 11.2. The quantitative estimate of drug-likeness (QED) is 0.395. The molecule has 37 heavy (non-hydrogen) atoms. The van der Waals surface area contributed by atoms with Crippen molar-refractivity contribution in [1.29, 1.82) is 0 Å². The smallest absolute Gasteiger partial charge is 0.242 e. The number of rotatable bonds is 14. The van der Waals surface area contributed by atoms with E-state index < -0.39 is 16.1 Å². The van der Waals surface area contributed by atoms with Crippen LogP contribution in [-0.2, 0) is 32.6 Å². The number of nitrogens with one attached hydrogen (secondary N) is 1. The Morgan fingerprint density at radius 3 is 2.08 bits per heavy atom. The van der Waals surface area contributed by atoms with E-state index in [1.54, 1.807) is 31.1 Å². The van der Waals surface area contributed by atoms with E-state index in [9.17, 15) is 18.0 Å². The molecule has 0 bridgehead atoms. The number of nitrogens with zero attached hydrogens (tertiary/aromatic N) is 2. The summed E-state index contributed by atoms with van der Waals surface area (Å²) in [6, 6.07) is 14.1. The number of ether oxygens (including phenoxy) is 1. The van der Waals surface area contributed by atoms with Crippen molar-refractivity contribution < 1.29 is 22.7 Å². The SMILES string of the molecule is CCc1ccc(N(CCCC(=O)N(Cc2ccc(OC)cc2)[C@@H](C)C(=O)N[C@@H](C)CC)S(C)(=O)=O)cc1. The molecule has 0 unspecified atom stereocenters. The molecule has 0 aliphatic carbocycles. The first kappa shape index (κ1) is 30.2. The van der Waals surface area contributed by atoms with Crippen molar-refractivity contribution in [3.8, 4) is 5.75 Å². The fraction of sp³-hybridized carbons (Fsp3) is 0.500. The molecule has 0 aliphatic rings. The highest BCUT2D eigenvalue weighted by Gasteiger charge is 2.27. The van der Waals surface area contributed by atoms with Crippen LogP contribution in [-0.4, -0.2) is 57.1 Å². The van der Waals surface area contributed by atoms with E-state index in [1.165, 1.54) is 10.6 Å². The van der Waals surface area contributed by atoms with Crippen LogP contribution < -0.4 is 14.4 Å². The predicted octanol–water partition coefficient (Wildman–Crippen LogP) is 4.14. The maximum atomic E-state index is 13.4. The van der Waals surface area contributed by atoms with Crippen LogP contribution in [0.15, 0.2) is 48.5 Å². The van der Waals surface area contributed by atoms with Crippen LogP contribution in [0.3, 0.4) is 0 Å². The maximum absolute atomic E-state index is 13.4. The minimum atomic E-state index is -3.52. The minimum Gasteiger partial charge on any atom is -0.497 e. The number of hydrogen-bond donors (Lipinski definition) is 1. The Bertz CT molecular complexity index is 1120. The lowest BCUT2D eigenvalue weighted by atomic mass is 10.1. The molecule has 8 nitrogen and oxygen atoms in total. The molecule has 2 amide bonds. The third-order valence-corrected chi connectivity index (χ3v) is 7.66. The van der Waals surface area contributed by atoms with E-state index in [0.29, 0.717) is 17.9 Å². The zero-order chi connectivity index (χ0) is 27.6. The van der Waals surface area contributed by atoms with Crippen molar-refractivity contribution in [2.75, 3.05) is 24.2 Å². The molecule has 0 spiro atoms. The summed E-state index contributed by atoms with van der Waals surface area (Å²) in [5.74, 6) is 0.277. The molecule has 0 aromatic heterocycles. The van der Waals surface area contributed by atoms with Gasteiger partial charge >= 0.3 is 0 Å². The van der Waals surface area contributed by atoms with Gasteiger partial charge in [-0.2, -0.15) is 0 Å². The number of aryl methyl sites for hydroxylation is 1. The van der Waals surface area contributed by atoms with Crippen LogP contribution in [0.1, 0.15) is 58.1 Å². The van der Waals surface area contributed by atoms with Gasteiger partial charge in [-0.1, -0.05) is 38.1 Å². The second kappa shape index (κ2) is 14.0. The van der Waals surface area contributed by atoms with Crippen LogP contribution in [0.4, 0.5) is 5.69 Å². The second-order valence-electron chi connectivity index (χ2n) is 9.32. The average molecular weight is 532 g/mol. The summed E-state index contributed by atoms with van der Waals surface area (Å²) >= 11 is 0. The number of carbonyl (C=O) groups excluding carboxylic acids is 2. The van der Waals surface area contributed by atoms with E-state index in [-0.39, 0.29) is 37.4 Å². The van der Waals surface area contributed by atoms with Crippen molar-refractivity contribution in [2.24, 2.45) is 0 Å². The first-order chi connectivity index (χ1) is 17.5. The molecule has 2 rings (SSSR count). The van der Waals surface area contributed by atoms with Crippen LogP contribution in [0, 0.1) is 0 Å². The summed E-state index contributed by atoms with van der Waals surface area (Å²) in [4.78, 5) is 27.8. The molecule has 204 valence electrons. The van der Waals surface area contributed by atoms with Gasteiger partial charge in [-0.05, 0) is 68.5 Å². The van der Waals surface area contributed by atoms with Crippen LogP contribution in [0.25, 0.3) is 0 Å². The molecule has 0 aliphatic heterocycles. The van der Waals surface area contributed by atoms with E-state index in [4.69, 9.17) is 4.74 Å². The van der Waals surface area contributed by atoms with Gasteiger partial charge in [-0.3, -0.25) is 13.9 Å². The van der Waals surface area contributed by atoms with Crippen LogP contribution in [0.2, 0.25) is 0 Å². The Morgan fingerprint density at radius 1 is 0.973 bits per heavy atom. The van der Waals surface area contributed by atoms with Gasteiger partial charge in [0.05, 0.1) is 19.1 Å². The van der Waals surface area contributed by atoms with E-state index in [1.807, 2.05) is 57.2 Å².